The summed E-state index contributed by atoms with van der Waals surface area (Å²) in [5.41, 5.74) is 1.96. The minimum Gasteiger partial charge on any atom is -0.497 e. The number of benzene rings is 1. The normalized spacial score (nSPS) is 10.6. The van der Waals surface area contributed by atoms with E-state index in [2.05, 4.69) is 24.1 Å². The highest BCUT2D eigenvalue weighted by Crippen LogP contribution is 2.21. The number of rotatable bonds is 5. The van der Waals surface area contributed by atoms with Gasteiger partial charge >= 0.3 is 0 Å². The molecule has 0 saturated heterocycles. The molecule has 2 rings (SSSR count). The Morgan fingerprint density at radius 2 is 2.05 bits per heavy atom. The van der Waals surface area contributed by atoms with Gasteiger partial charge in [-0.2, -0.15) is 0 Å². The summed E-state index contributed by atoms with van der Waals surface area (Å²) in [5, 5.41) is 5.47. The fraction of sp³-hybridized carbons (Fsp3) is 0.333. The number of hydrogen-bond acceptors (Lipinski definition) is 4. The number of hydrogen-bond donors (Lipinski definition) is 1. The molecule has 1 N–H and O–H groups in total. The van der Waals surface area contributed by atoms with Crippen molar-refractivity contribution in [3.8, 4) is 5.75 Å². The molecule has 1 amide bonds. The topological polar surface area (TPSA) is 51.2 Å². The van der Waals surface area contributed by atoms with Gasteiger partial charge in [-0.1, -0.05) is 26.0 Å². The number of thiazole rings is 1. The van der Waals surface area contributed by atoms with Crippen LogP contribution in [0.3, 0.4) is 0 Å². The number of amides is 1. The van der Waals surface area contributed by atoms with E-state index in [4.69, 9.17) is 4.74 Å². The summed E-state index contributed by atoms with van der Waals surface area (Å²) in [7, 11) is 1.62. The highest BCUT2D eigenvalue weighted by atomic mass is 32.1. The van der Waals surface area contributed by atoms with Crippen molar-refractivity contribution in [2.24, 2.45) is 0 Å². The Morgan fingerprint density at radius 1 is 1.35 bits per heavy atom. The van der Waals surface area contributed by atoms with Gasteiger partial charge in [-0.05, 0) is 23.6 Å². The first-order valence-electron chi connectivity index (χ1n) is 6.46. The molecule has 1 aromatic carbocycles. The van der Waals surface area contributed by atoms with Crippen LogP contribution in [0.1, 0.15) is 31.0 Å². The maximum Gasteiger partial charge on any atom is 0.230 e. The molecule has 0 radical (unpaired) electrons. The van der Waals surface area contributed by atoms with Crippen molar-refractivity contribution in [1.82, 2.24) is 4.98 Å². The predicted octanol–water partition coefficient (Wildman–Crippen LogP) is 3.46. The lowest BCUT2D eigenvalue weighted by Gasteiger charge is -2.04. The molecular weight excluding hydrogens is 272 g/mol. The van der Waals surface area contributed by atoms with Crippen LogP contribution in [-0.4, -0.2) is 18.0 Å². The van der Waals surface area contributed by atoms with E-state index < -0.39 is 0 Å². The average Bonchev–Trinajstić information content (AvgIpc) is 2.88. The Bertz CT molecular complexity index is 576. The monoisotopic (exact) mass is 290 g/mol. The second-order valence-corrected chi connectivity index (χ2v) is 5.66. The molecule has 1 aromatic heterocycles. The van der Waals surface area contributed by atoms with Crippen molar-refractivity contribution in [2.75, 3.05) is 12.4 Å². The molecule has 0 bridgehead atoms. The van der Waals surface area contributed by atoms with Gasteiger partial charge in [0.15, 0.2) is 5.13 Å². The van der Waals surface area contributed by atoms with Crippen LogP contribution in [-0.2, 0) is 11.2 Å². The number of carbonyl (C=O) groups excluding carboxylic acids is 1. The first-order valence-corrected chi connectivity index (χ1v) is 7.34. The SMILES string of the molecule is COc1ccc(CC(=O)Nc2nc(C(C)C)cs2)cc1. The molecule has 106 valence electrons. The van der Waals surface area contributed by atoms with E-state index in [-0.39, 0.29) is 5.91 Å². The van der Waals surface area contributed by atoms with E-state index in [1.807, 2.05) is 29.6 Å². The lowest BCUT2D eigenvalue weighted by Crippen LogP contribution is -2.14. The van der Waals surface area contributed by atoms with Crippen molar-refractivity contribution in [1.29, 1.82) is 0 Å². The molecule has 0 aliphatic rings. The van der Waals surface area contributed by atoms with Gasteiger partial charge in [0, 0.05) is 5.38 Å². The van der Waals surface area contributed by atoms with E-state index in [0.29, 0.717) is 17.5 Å². The molecule has 2 aromatic rings. The Kier molecular flexibility index (Phi) is 4.74. The van der Waals surface area contributed by atoms with Gasteiger partial charge in [-0.3, -0.25) is 4.79 Å². The molecule has 0 saturated carbocycles. The van der Waals surface area contributed by atoms with E-state index in [1.54, 1.807) is 7.11 Å². The zero-order valence-corrected chi connectivity index (χ0v) is 12.7. The molecule has 4 nitrogen and oxygen atoms in total. The summed E-state index contributed by atoms with van der Waals surface area (Å²) in [5.74, 6) is 1.11. The molecule has 0 spiro atoms. The van der Waals surface area contributed by atoms with Gasteiger partial charge in [0.25, 0.3) is 0 Å². The minimum atomic E-state index is -0.0557. The lowest BCUT2D eigenvalue weighted by molar-refractivity contribution is -0.115. The van der Waals surface area contributed by atoms with Crippen LogP contribution >= 0.6 is 11.3 Å². The van der Waals surface area contributed by atoms with Crippen LogP contribution in [0.15, 0.2) is 29.6 Å². The van der Waals surface area contributed by atoms with Gasteiger partial charge in [-0.25, -0.2) is 4.98 Å². The molecule has 5 heteroatoms. The van der Waals surface area contributed by atoms with Crippen LogP contribution in [0, 0.1) is 0 Å². The molecule has 20 heavy (non-hydrogen) atoms. The van der Waals surface area contributed by atoms with E-state index >= 15 is 0 Å². The number of nitrogens with one attached hydrogen (secondary N) is 1. The van der Waals surface area contributed by atoms with Crippen LogP contribution < -0.4 is 10.1 Å². The third-order valence-corrected chi connectivity index (χ3v) is 3.66. The number of nitrogens with zero attached hydrogens (tertiary/aromatic N) is 1. The first-order chi connectivity index (χ1) is 9.58. The van der Waals surface area contributed by atoms with Gasteiger partial charge in [0.05, 0.1) is 19.2 Å². The summed E-state index contributed by atoms with van der Waals surface area (Å²) in [6.45, 7) is 4.16. The highest BCUT2D eigenvalue weighted by molar-refractivity contribution is 7.13. The molecular formula is C15H18N2O2S. The third-order valence-electron chi connectivity index (χ3n) is 2.88. The maximum atomic E-state index is 11.9. The quantitative estimate of drug-likeness (QED) is 0.917. The molecule has 0 atom stereocenters. The zero-order chi connectivity index (χ0) is 14.5. The second-order valence-electron chi connectivity index (χ2n) is 4.81. The Labute approximate surface area is 122 Å². The molecule has 0 aliphatic heterocycles. The second kappa shape index (κ2) is 6.52. The lowest BCUT2D eigenvalue weighted by atomic mass is 10.1. The Hall–Kier alpha value is -1.88. The number of ether oxygens (including phenoxy) is 1. The van der Waals surface area contributed by atoms with Gasteiger partial charge in [0.1, 0.15) is 5.75 Å². The van der Waals surface area contributed by atoms with Crippen molar-refractivity contribution < 1.29 is 9.53 Å². The van der Waals surface area contributed by atoms with Crippen molar-refractivity contribution in [3.63, 3.8) is 0 Å². The molecule has 0 aliphatic carbocycles. The Morgan fingerprint density at radius 3 is 2.60 bits per heavy atom. The molecule has 1 heterocycles. The maximum absolute atomic E-state index is 11.9. The number of carbonyl (C=O) groups is 1. The van der Waals surface area contributed by atoms with Gasteiger partial charge in [0.2, 0.25) is 5.91 Å². The number of anilines is 1. The summed E-state index contributed by atoms with van der Waals surface area (Å²) in [4.78, 5) is 16.3. The minimum absolute atomic E-state index is 0.0557. The number of aromatic nitrogens is 1. The van der Waals surface area contributed by atoms with Crippen LogP contribution in [0.5, 0.6) is 5.75 Å². The van der Waals surface area contributed by atoms with Gasteiger partial charge < -0.3 is 10.1 Å². The predicted molar refractivity (Wildman–Crippen MR) is 81.5 cm³/mol. The largest absolute Gasteiger partial charge is 0.497 e. The summed E-state index contributed by atoms with van der Waals surface area (Å²) in [6.07, 6.45) is 0.334. The van der Waals surface area contributed by atoms with Crippen LogP contribution in [0.2, 0.25) is 0 Å². The van der Waals surface area contributed by atoms with Gasteiger partial charge in [-0.15, -0.1) is 11.3 Å². The smallest absolute Gasteiger partial charge is 0.230 e. The summed E-state index contributed by atoms with van der Waals surface area (Å²) in [6, 6.07) is 7.48. The summed E-state index contributed by atoms with van der Waals surface area (Å²) >= 11 is 1.46. The van der Waals surface area contributed by atoms with E-state index in [9.17, 15) is 4.79 Å². The zero-order valence-electron chi connectivity index (χ0n) is 11.8. The Balaban J connectivity index is 1.93. The van der Waals surface area contributed by atoms with Crippen LogP contribution in [0.4, 0.5) is 5.13 Å². The van der Waals surface area contributed by atoms with E-state index in [1.165, 1.54) is 11.3 Å². The van der Waals surface area contributed by atoms with Crippen molar-refractivity contribution in [2.45, 2.75) is 26.2 Å². The fourth-order valence-electron chi connectivity index (χ4n) is 1.70. The van der Waals surface area contributed by atoms with Crippen molar-refractivity contribution in [3.05, 3.63) is 40.9 Å². The van der Waals surface area contributed by atoms with Crippen molar-refractivity contribution >= 4 is 22.4 Å². The number of methoxy groups -OCH3 is 1. The molecule has 0 fully saturated rings. The fourth-order valence-corrected chi connectivity index (χ4v) is 2.59. The average molecular weight is 290 g/mol. The standard InChI is InChI=1S/C15H18N2O2S/c1-10(2)13-9-20-15(16-13)17-14(18)8-11-4-6-12(19-3)7-5-11/h4-7,9-10H,8H2,1-3H3,(H,16,17,18). The summed E-state index contributed by atoms with van der Waals surface area (Å²) < 4.78 is 5.09. The highest BCUT2D eigenvalue weighted by Gasteiger charge is 2.09. The van der Waals surface area contributed by atoms with E-state index in [0.717, 1.165) is 17.0 Å². The third kappa shape index (κ3) is 3.81. The molecule has 0 unspecified atom stereocenters. The first kappa shape index (κ1) is 14.5. The van der Waals surface area contributed by atoms with Crippen LogP contribution in [0.25, 0.3) is 0 Å².